The molecule has 0 aliphatic carbocycles. The van der Waals surface area contributed by atoms with Crippen molar-refractivity contribution in [2.75, 3.05) is 26.4 Å². The van der Waals surface area contributed by atoms with Gasteiger partial charge in [0.2, 0.25) is 0 Å². The number of carboxylic acid groups (broad SMARTS) is 1. The molecule has 326 valence electrons. The van der Waals surface area contributed by atoms with E-state index in [2.05, 4.69) is 62.5 Å². The molecule has 10 nitrogen and oxygen atoms in total. The molecule has 0 aliphatic heterocycles. The van der Waals surface area contributed by atoms with Crippen LogP contribution in [0.15, 0.2) is 48.6 Å². The van der Waals surface area contributed by atoms with E-state index in [0.717, 1.165) is 64.2 Å². The van der Waals surface area contributed by atoms with Crippen LogP contribution >= 0.6 is 7.82 Å². The highest BCUT2D eigenvalue weighted by atomic mass is 31.2. The maximum absolute atomic E-state index is 12.6. The van der Waals surface area contributed by atoms with Gasteiger partial charge in [0.15, 0.2) is 0 Å². The number of hydrogen-bond donors (Lipinski definition) is 3. The van der Waals surface area contributed by atoms with Crippen molar-refractivity contribution in [2.24, 2.45) is 5.73 Å². The molecule has 4 N–H and O–H groups in total. The highest BCUT2D eigenvalue weighted by molar-refractivity contribution is 7.47. The van der Waals surface area contributed by atoms with Gasteiger partial charge in [0.05, 0.1) is 19.8 Å². The van der Waals surface area contributed by atoms with Crippen LogP contribution in [0.25, 0.3) is 0 Å². The van der Waals surface area contributed by atoms with E-state index >= 15 is 0 Å². The van der Waals surface area contributed by atoms with Crippen molar-refractivity contribution in [1.82, 2.24) is 0 Å². The summed E-state index contributed by atoms with van der Waals surface area (Å²) in [6.07, 6.45) is 47.2. The topological polar surface area (TPSA) is 155 Å². The molecule has 0 radical (unpaired) electrons. The van der Waals surface area contributed by atoms with Crippen molar-refractivity contribution in [3.8, 4) is 0 Å². The summed E-state index contributed by atoms with van der Waals surface area (Å²) in [7, 11) is -4.62. The molecule has 11 heteroatoms. The summed E-state index contributed by atoms with van der Waals surface area (Å²) in [5.74, 6) is -1.79. The molecule has 0 heterocycles. The fourth-order valence-corrected chi connectivity index (χ4v) is 6.62. The molecule has 0 rings (SSSR count). The Morgan fingerprint density at radius 1 is 0.571 bits per heavy atom. The van der Waals surface area contributed by atoms with Crippen molar-refractivity contribution in [3.63, 3.8) is 0 Å². The van der Waals surface area contributed by atoms with Gasteiger partial charge in [-0.3, -0.25) is 18.6 Å². The van der Waals surface area contributed by atoms with Gasteiger partial charge < -0.3 is 25.2 Å². The lowest BCUT2D eigenvalue weighted by atomic mass is 10.1. The highest BCUT2D eigenvalue weighted by Crippen LogP contribution is 2.43. The van der Waals surface area contributed by atoms with E-state index in [-0.39, 0.29) is 13.0 Å². The molecule has 0 saturated heterocycles. The number of aliphatic carboxylic acids is 1. The largest absolute Gasteiger partial charge is 0.480 e. The fourth-order valence-electron chi connectivity index (χ4n) is 5.84. The first-order valence-corrected chi connectivity index (χ1v) is 23.7. The summed E-state index contributed by atoms with van der Waals surface area (Å²) in [4.78, 5) is 33.5. The smallest absolute Gasteiger partial charge is 0.472 e. The van der Waals surface area contributed by atoms with Crippen molar-refractivity contribution in [3.05, 3.63) is 48.6 Å². The average Bonchev–Trinajstić information content (AvgIpc) is 3.18. The van der Waals surface area contributed by atoms with Gasteiger partial charge in [-0.25, -0.2) is 4.57 Å². The molecular formula is C45H82NO9P. The van der Waals surface area contributed by atoms with E-state index in [1.807, 2.05) is 0 Å². The van der Waals surface area contributed by atoms with Gasteiger partial charge in [0.25, 0.3) is 0 Å². The first kappa shape index (κ1) is 53.9. The van der Waals surface area contributed by atoms with E-state index in [9.17, 15) is 19.0 Å². The Morgan fingerprint density at radius 2 is 0.982 bits per heavy atom. The Hall–Kier alpha value is -2.07. The predicted octanol–water partition coefficient (Wildman–Crippen LogP) is 12.3. The lowest BCUT2D eigenvalue weighted by Crippen LogP contribution is -2.34. The van der Waals surface area contributed by atoms with Crippen LogP contribution < -0.4 is 5.73 Å². The summed E-state index contributed by atoms with van der Waals surface area (Å²) in [6.45, 7) is 3.81. The molecule has 0 fully saturated rings. The van der Waals surface area contributed by atoms with E-state index in [4.69, 9.17) is 29.4 Å². The van der Waals surface area contributed by atoms with E-state index < -0.39 is 45.1 Å². The Labute approximate surface area is 341 Å². The highest BCUT2D eigenvalue weighted by Gasteiger charge is 2.27. The van der Waals surface area contributed by atoms with Gasteiger partial charge in [0.1, 0.15) is 12.1 Å². The zero-order valence-corrected chi connectivity index (χ0v) is 36.4. The van der Waals surface area contributed by atoms with Gasteiger partial charge in [0, 0.05) is 13.0 Å². The van der Waals surface area contributed by atoms with Crippen LogP contribution in [0.5, 0.6) is 0 Å². The Morgan fingerprint density at radius 3 is 1.48 bits per heavy atom. The average molecular weight is 812 g/mol. The van der Waals surface area contributed by atoms with E-state index in [1.165, 1.54) is 96.3 Å². The number of hydrogen-bond acceptors (Lipinski definition) is 8. The van der Waals surface area contributed by atoms with Crippen LogP contribution in [0.4, 0.5) is 0 Å². The molecule has 3 atom stereocenters. The maximum Gasteiger partial charge on any atom is 0.472 e. The number of nitrogens with two attached hydrogens (primary N) is 1. The maximum atomic E-state index is 12.6. The van der Waals surface area contributed by atoms with Crippen LogP contribution in [-0.2, 0) is 32.7 Å². The minimum atomic E-state index is -4.62. The molecule has 0 bridgehead atoms. The monoisotopic (exact) mass is 812 g/mol. The van der Waals surface area contributed by atoms with Crippen LogP contribution in [-0.4, -0.2) is 60.5 Å². The number of carbonyl (C=O) groups is 2. The summed E-state index contributed by atoms with van der Waals surface area (Å²) < 4.78 is 33.4. The summed E-state index contributed by atoms with van der Waals surface area (Å²) in [6, 6.07) is -1.48. The number of ether oxygens (including phenoxy) is 2. The van der Waals surface area contributed by atoms with E-state index in [1.54, 1.807) is 0 Å². The van der Waals surface area contributed by atoms with Gasteiger partial charge >= 0.3 is 19.8 Å². The van der Waals surface area contributed by atoms with Crippen LogP contribution in [0.3, 0.4) is 0 Å². The number of esters is 1. The number of carbonyl (C=O) groups excluding carboxylic acids is 1. The zero-order chi connectivity index (χ0) is 41.2. The molecule has 0 saturated carbocycles. The van der Waals surface area contributed by atoms with Crippen molar-refractivity contribution >= 4 is 19.8 Å². The second-order valence-corrected chi connectivity index (χ2v) is 16.3. The first-order valence-electron chi connectivity index (χ1n) is 22.2. The minimum Gasteiger partial charge on any atom is -0.480 e. The lowest BCUT2D eigenvalue weighted by molar-refractivity contribution is -0.154. The van der Waals surface area contributed by atoms with Crippen LogP contribution in [0.1, 0.15) is 187 Å². The summed E-state index contributed by atoms with van der Waals surface area (Å²) in [5.41, 5.74) is 5.35. The SMILES string of the molecule is CCCCC/C=C\C/C=C\CCCCCCCCCC(=O)OC(COCCCCCCCC/C=C\C/C=C\CCCCCC)COP(=O)(O)OCC(N)C(=O)O. The Bertz CT molecular complexity index is 1080. The van der Waals surface area contributed by atoms with Crippen molar-refractivity contribution in [2.45, 2.75) is 199 Å². The number of allylic oxidation sites excluding steroid dienone is 8. The Kier molecular flexibility index (Phi) is 39.6. The number of unbranched alkanes of at least 4 members (excludes halogenated alkanes) is 20. The second-order valence-electron chi connectivity index (χ2n) is 14.8. The fraction of sp³-hybridized carbons (Fsp3) is 0.778. The third-order valence-electron chi connectivity index (χ3n) is 9.33. The van der Waals surface area contributed by atoms with Crippen molar-refractivity contribution in [1.29, 1.82) is 0 Å². The lowest BCUT2D eigenvalue weighted by Gasteiger charge is -2.20. The van der Waals surface area contributed by atoms with Gasteiger partial charge in [-0.15, -0.1) is 0 Å². The molecule has 0 spiro atoms. The normalized spacial score (nSPS) is 14.4. The van der Waals surface area contributed by atoms with Gasteiger partial charge in [-0.1, -0.05) is 152 Å². The van der Waals surface area contributed by atoms with Crippen molar-refractivity contribution < 1.29 is 42.7 Å². The summed E-state index contributed by atoms with van der Waals surface area (Å²) in [5, 5.41) is 8.90. The summed E-state index contributed by atoms with van der Waals surface area (Å²) >= 11 is 0. The third-order valence-corrected chi connectivity index (χ3v) is 10.3. The Balaban J connectivity index is 4.27. The number of carboxylic acids is 1. The first-order chi connectivity index (χ1) is 27.2. The number of phosphoric ester groups is 1. The quantitative estimate of drug-likeness (QED) is 0.0235. The van der Waals surface area contributed by atoms with Gasteiger partial charge in [-0.05, 0) is 77.0 Å². The third kappa shape index (κ3) is 40.1. The molecule has 0 aromatic heterocycles. The molecule has 0 amide bonds. The zero-order valence-electron chi connectivity index (χ0n) is 35.5. The molecule has 3 unspecified atom stereocenters. The standard InChI is InChI=1S/C45H82NO9P/c1-3-5-7-9-11-13-15-17-19-21-23-25-27-29-31-33-35-37-44(47)55-42(40-53-56(50,51)54-41-43(46)45(48)49)39-52-38-36-34-32-30-28-26-24-22-20-18-16-14-12-10-8-6-4-2/h11,13-14,16-17,19-20,22,42-43H,3-10,12,15,18,21,23-41,46H2,1-2H3,(H,48,49)(H,50,51)/b13-11-,16-14-,19-17-,22-20-. The predicted molar refractivity (Wildman–Crippen MR) is 231 cm³/mol. The van der Waals surface area contributed by atoms with Crippen LogP contribution in [0.2, 0.25) is 0 Å². The van der Waals surface area contributed by atoms with Gasteiger partial charge in [-0.2, -0.15) is 0 Å². The molecule has 0 aromatic rings. The second kappa shape index (κ2) is 41.1. The minimum absolute atomic E-state index is 0.00565. The van der Waals surface area contributed by atoms with Crippen LogP contribution in [0, 0.1) is 0 Å². The van der Waals surface area contributed by atoms with E-state index in [0.29, 0.717) is 13.0 Å². The number of rotatable bonds is 42. The number of phosphoric acid groups is 1. The molecular weight excluding hydrogens is 729 g/mol. The molecule has 0 aliphatic rings. The molecule has 0 aromatic carbocycles. The molecule has 56 heavy (non-hydrogen) atoms.